The molecule has 0 bridgehead atoms. The molecule has 114 valence electrons. The topological polar surface area (TPSA) is 95.8 Å². The Morgan fingerprint density at radius 2 is 1.88 bits per heavy atom. The smallest absolute Gasteiger partial charge is 0.158 e. The number of nitrogens with two attached hydrogens (primary N) is 1. The molecule has 0 amide bonds. The number of phenols is 1. The summed E-state index contributed by atoms with van der Waals surface area (Å²) in [5.41, 5.74) is 8.51. The minimum Gasteiger partial charge on any atom is -0.508 e. The van der Waals surface area contributed by atoms with E-state index in [-0.39, 0.29) is 11.6 Å². The minimum atomic E-state index is 0.137. The molecule has 0 saturated carbocycles. The zero-order chi connectivity index (χ0) is 16.9. The standard InChI is InChI=1S/C19H12N4O/c20-11-14-5-1-2-7-16(14)18-12-22-19(21)17(23-18)9-8-13-4-3-6-15(24)10-13/h1-7,10,12,24H,(H2,21,22). The number of aromatic hydroxyl groups is 1. The van der Waals surface area contributed by atoms with Gasteiger partial charge in [0.15, 0.2) is 11.5 Å². The predicted molar refractivity (Wildman–Crippen MR) is 90.7 cm³/mol. The van der Waals surface area contributed by atoms with Crippen LogP contribution in [0.25, 0.3) is 11.3 Å². The van der Waals surface area contributed by atoms with Gasteiger partial charge in [0.05, 0.1) is 23.5 Å². The Bertz CT molecular complexity index is 1010. The monoisotopic (exact) mass is 312 g/mol. The van der Waals surface area contributed by atoms with Gasteiger partial charge in [-0.3, -0.25) is 0 Å². The molecule has 0 atom stereocenters. The lowest BCUT2D eigenvalue weighted by molar-refractivity contribution is 0.475. The first-order chi connectivity index (χ1) is 11.7. The van der Waals surface area contributed by atoms with Crippen LogP contribution in [0.1, 0.15) is 16.8 Å². The Balaban J connectivity index is 2.04. The third kappa shape index (κ3) is 3.16. The Labute approximate surface area is 139 Å². The highest BCUT2D eigenvalue weighted by Gasteiger charge is 2.08. The Hall–Kier alpha value is -3.83. The summed E-state index contributed by atoms with van der Waals surface area (Å²) in [5.74, 6) is 6.10. The third-order valence-electron chi connectivity index (χ3n) is 3.30. The average molecular weight is 312 g/mol. The molecule has 0 aliphatic rings. The summed E-state index contributed by atoms with van der Waals surface area (Å²) in [6.07, 6.45) is 1.52. The fraction of sp³-hybridized carbons (Fsp3) is 0. The van der Waals surface area contributed by atoms with Gasteiger partial charge >= 0.3 is 0 Å². The number of nitrogens with zero attached hydrogens (tertiary/aromatic N) is 3. The number of rotatable bonds is 1. The lowest BCUT2D eigenvalue weighted by Crippen LogP contribution is -2.00. The summed E-state index contributed by atoms with van der Waals surface area (Å²) in [7, 11) is 0. The van der Waals surface area contributed by atoms with Crippen LogP contribution in [0.3, 0.4) is 0 Å². The lowest BCUT2D eigenvalue weighted by atomic mass is 10.1. The first kappa shape index (κ1) is 15.1. The van der Waals surface area contributed by atoms with Gasteiger partial charge in [0.25, 0.3) is 0 Å². The van der Waals surface area contributed by atoms with Gasteiger partial charge in [-0.05, 0) is 30.2 Å². The second-order valence-electron chi connectivity index (χ2n) is 4.95. The molecule has 0 unspecified atom stereocenters. The summed E-state index contributed by atoms with van der Waals surface area (Å²) in [5, 5.41) is 18.7. The fourth-order valence-corrected chi connectivity index (χ4v) is 2.14. The molecule has 0 aliphatic carbocycles. The van der Waals surface area contributed by atoms with Crippen LogP contribution in [0.5, 0.6) is 5.75 Å². The van der Waals surface area contributed by atoms with Gasteiger partial charge in [0.1, 0.15) is 5.75 Å². The third-order valence-corrected chi connectivity index (χ3v) is 3.30. The van der Waals surface area contributed by atoms with Crippen LogP contribution in [0.15, 0.2) is 54.7 Å². The molecule has 0 saturated heterocycles. The number of benzene rings is 2. The molecule has 5 nitrogen and oxygen atoms in total. The highest BCUT2D eigenvalue weighted by Crippen LogP contribution is 2.22. The number of hydrogen-bond donors (Lipinski definition) is 2. The van der Waals surface area contributed by atoms with E-state index in [1.165, 1.54) is 6.20 Å². The molecule has 1 heterocycles. The van der Waals surface area contributed by atoms with Crippen LogP contribution < -0.4 is 5.73 Å². The molecule has 24 heavy (non-hydrogen) atoms. The number of aromatic nitrogens is 2. The van der Waals surface area contributed by atoms with Gasteiger partial charge in [-0.25, -0.2) is 9.97 Å². The van der Waals surface area contributed by atoms with Crippen molar-refractivity contribution in [2.24, 2.45) is 0 Å². The molecular formula is C19H12N4O. The van der Waals surface area contributed by atoms with Crippen LogP contribution in [0.4, 0.5) is 5.82 Å². The van der Waals surface area contributed by atoms with Gasteiger partial charge in [-0.2, -0.15) is 5.26 Å². The molecule has 2 aromatic carbocycles. The summed E-state index contributed by atoms with van der Waals surface area (Å²) in [4.78, 5) is 8.53. The van der Waals surface area contributed by atoms with Gasteiger partial charge in [-0.1, -0.05) is 30.2 Å². The molecular weight excluding hydrogens is 300 g/mol. The molecule has 0 radical (unpaired) electrons. The van der Waals surface area contributed by atoms with Gasteiger partial charge in [0.2, 0.25) is 0 Å². The summed E-state index contributed by atoms with van der Waals surface area (Å²) < 4.78 is 0. The molecule has 1 aromatic heterocycles. The SMILES string of the molecule is N#Cc1ccccc1-c1cnc(N)c(C#Cc2cccc(O)c2)n1. The van der Waals surface area contributed by atoms with Crippen molar-refractivity contribution < 1.29 is 5.11 Å². The maximum absolute atomic E-state index is 9.46. The Kier molecular flexibility index (Phi) is 4.09. The fourth-order valence-electron chi connectivity index (χ4n) is 2.14. The van der Waals surface area contributed by atoms with E-state index < -0.39 is 0 Å². The second kappa shape index (κ2) is 6.51. The van der Waals surface area contributed by atoms with Gasteiger partial charge in [0, 0.05) is 11.1 Å². The second-order valence-corrected chi connectivity index (χ2v) is 4.95. The summed E-state index contributed by atoms with van der Waals surface area (Å²) in [6.45, 7) is 0. The van der Waals surface area contributed by atoms with E-state index >= 15 is 0 Å². The number of anilines is 1. The Morgan fingerprint density at radius 1 is 1.04 bits per heavy atom. The molecule has 0 fully saturated rings. The van der Waals surface area contributed by atoms with Crippen LogP contribution >= 0.6 is 0 Å². The maximum atomic E-state index is 9.46. The van der Waals surface area contributed by atoms with Crippen LogP contribution in [0, 0.1) is 23.2 Å². The summed E-state index contributed by atoms with van der Waals surface area (Å²) >= 11 is 0. The highest BCUT2D eigenvalue weighted by molar-refractivity contribution is 5.68. The van der Waals surface area contributed by atoms with E-state index in [1.54, 1.807) is 42.5 Å². The van der Waals surface area contributed by atoms with E-state index in [4.69, 9.17) is 5.73 Å². The van der Waals surface area contributed by atoms with Crippen molar-refractivity contribution in [1.29, 1.82) is 5.26 Å². The molecule has 3 N–H and O–H groups in total. The molecule has 3 rings (SSSR count). The van der Waals surface area contributed by atoms with Crippen LogP contribution in [-0.2, 0) is 0 Å². The van der Waals surface area contributed by atoms with Crippen LogP contribution in [-0.4, -0.2) is 15.1 Å². The quantitative estimate of drug-likeness (QED) is 0.673. The largest absolute Gasteiger partial charge is 0.508 e. The van der Waals surface area contributed by atoms with Gasteiger partial charge < -0.3 is 10.8 Å². The molecule has 3 aromatic rings. The van der Waals surface area contributed by atoms with E-state index in [9.17, 15) is 10.4 Å². The molecule has 0 spiro atoms. The van der Waals surface area contributed by atoms with Crippen LogP contribution in [0.2, 0.25) is 0 Å². The van der Waals surface area contributed by atoms with Crippen molar-refractivity contribution in [3.8, 4) is 34.9 Å². The molecule has 0 aliphatic heterocycles. The number of nitriles is 1. The lowest BCUT2D eigenvalue weighted by Gasteiger charge is -2.04. The Morgan fingerprint density at radius 3 is 2.67 bits per heavy atom. The average Bonchev–Trinajstić information content (AvgIpc) is 2.61. The first-order valence-electron chi connectivity index (χ1n) is 7.10. The van der Waals surface area contributed by atoms with Crippen molar-refractivity contribution in [2.45, 2.75) is 0 Å². The van der Waals surface area contributed by atoms with Crippen molar-refractivity contribution in [3.05, 3.63) is 71.5 Å². The van der Waals surface area contributed by atoms with E-state index in [2.05, 4.69) is 27.9 Å². The van der Waals surface area contributed by atoms with Crippen molar-refractivity contribution in [3.63, 3.8) is 0 Å². The van der Waals surface area contributed by atoms with Crippen molar-refractivity contribution >= 4 is 5.82 Å². The predicted octanol–water partition coefficient (Wildman–Crippen LogP) is 2.70. The zero-order valence-electron chi connectivity index (χ0n) is 12.6. The summed E-state index contributed by atoms with van der Waals surface area (Å²) in [6, 6.07) is 15.8. The first-order valence-corrected chi connectivity index (χ1v) is 7.10. The number of hydrogen-bond acceptors (Lipinski definition) is 5. The van der Waals surface area contributed by atoms with Crippen molar-refractivity contribution in [2.75, 3.05) is 5.73 Å². The number of phenolic OH excluding ortho intramolecular Hbond substituents is 1. The van der Waals surface area contributed by atoms with E-state index in [0.717, 1.165) is 0 Å². The zero-order valence-corrected chi connectivity index (χ0v) is 12.6. The normalized spacial score (nSPS) is 9.62. The van der Waals surface area contributed by atoms with E-state index in [1.807, 2.05) is 6.07 Å². The van der Waals surface area contributed by atoms with Crippen molar-refractivity contribution in [1.82, 2.24) is 9.97 Å². The van der Waals surface area contributed by atoms with E-state index in [0.29, 0.717) is 28.1 Å². The van der Waals surface area contributed by atoms with Gasteiger partial charge in [-0.15, -0.1) is 0 Å². The highest BCUT2D eigenvalue weighted by atomic mass is 16.3. The molecule has 5 heteroatoms. The maximum Gasteiger partial charge on any atom is 0.158 e. The minimum absolute atomic E-state index is 0.137. The number of nitrogen functional groups attached to an aromatic ring is 1.